The zero-order valence-corrected chi connectivity index (χ0v) is 15.3. The average Bonchev–Trinajstić information content (AvgIpc) is 2.67. The first-order valence-corrected chi connectivity index (χ1v) is 8.87. The molecule has 0 unspecified atom stereocenters. The summed E-state index contributed by atoms with van der Waals surface area (Å²) in [6, 6.07) is 15.2. The van der Waals surface area contributed by atoms with E-state index < -0.39 is 0 Å². The predicted octanol–water partition coefficient (Wildman–Crippen LogP) is 2.93. The highest BCUT2D eigenvalue weighted by molar-refractivity contribution is 5.94. The lowest BCUT2D eigenvalue weighted by Gasteiger charge is -2.36. The van der Waals surface area contributed by atoms with Crippen molar-refractivity contribution >= 4 is 17.4 Å². The van der Waals surface area contributed by atoms with Crippen LogP contribution in [0.25, 0.3) is 0 Å². The molecule has 0 atom stereocenters. The van der Waals surface area contributed by atoms with Crippen LogP contribution in [0.4, 0.5) is 5.69 Å². The van der Waals surface area contributed by atoms with Crippen LogP contribution in [0.2, 0.25) is 0 Å². The Morgan fingerprint density at radius 1 is 0.962 bits per heavy atom. The highest BCUT2D eigenvalue weighted by atomic mass is 16.5. The summed E-state index contributed by atoms with van der Waals surface area (Å²) in [7, 11) is 0. The van der Waals surface area contributed by atoms with Gasteiger partial charge in [0, 0.05) is 37.4 Å². The van der Waals surface area contributed by atoms with Crippen LogP contribution in [-0.4, -0.2) is 49.4 Å². The van der Waals surface area contributed by atoms with E-state index in [1.807, 2.05) is 17.0 Å². The van der Waals surface area contributed by atoms with Gasteiger partial charge in [-0.3, -0.25) is 9.59 Å². The van der Waals surface area contributed by atoms with E-state index in [1.165, 1.54) is 18.2 Å². The van der Waals surface area contributed by atoms with E-state index >= 15 is 0 Å². The van der Waals surface area contributed by atoms with Crippen molar-refractivity contribution in [2.75, 3.05) is 37.7 Å². The van der Waals surface area contributed by atoms with Gasteiger partial charge in [-0.05, 0) is 49.7 Å². The third-order valence-electron chi connectivity index (χ3n) is 4.71. The van der Waals surface area contributed by atoms with Gasteiger partial charge in [-0.15, -0.1) is 0 Å². The molecular weight excluding hydrogens is 328 g/mol. The van der Waals surface area contributed by atoms with E-state index in [4.69, 9.17) is 4.74 Å². The molecule has 2 aromatic rings. The molecule has 1 heterocycles. The van der Waals surface area contributed by atoms with Crippen molar-refractivity contribution in [3.05, 3.63) is 59.7 Å². The van der Waals surface area contributed by atoms with Crippen molar-refractivity contribution in [1.82, 2.24) is 4.90 Å². The van der Waals surface area contributed by atoms with E-state index in [2.05, 4.69) is 24.0 Å². The number of hydrogen-bond donors (Lipinski definition) is 0. The highest BCUT2D eigenvalue weighted by Crippen LogP contribution is 2.21. The number of ketones is 1. The molecule has 0 N–H and O–H groups in total. The fourth-order valence-electron chi connectivity index (χ4n) is 3.14. The molecule has 0 aromatic heterocycles. The number of aryl methyl sites for hydroxylation is 1. The summed E-state index contributed by atoms with van der Waals surface area (Å²) in [6.07, 6.45) is 0. The maximum absolute atomic E-state index is 12.4. The minimum Gasteiger partial charge on any atom is -0.484 e. The monoisotopic (exact) mass is 352 g/mol. The molecule has 1 amide bonds. The lowest BCUT2D eigenvalue weighted by Crippen LogP contribution is -2.50. The van der Waals surface area contributed by atoms with Gasteiger partial charge in [-0.25, -0.2) is 0 Å². The topological polar surface area (TPSA) is 49.9 Å². The largest absolute Gasteiger partial charge is 0.484 e. The molecule has 26 heavy (non-hydrogen) atoms. The Balaban J connectivity index is 1.49. The molecule has 2 aromatic carbocycles. The number of hydrogen-bond acceptors (Lipinski definition) is 4. The Morgan fingerprint density at radius 3 is 2.23 bits per heavy atom. The summed E-state index contributed by atoms with van der Waals surface area (Å²) in [5.74, 6) is 0.603. The summed E-state index contributed by atoms with van der Waals surface area (Å²) < 4.78 is 5.57. The normalized spacial score (nSPS) is 14.2. The van der Waals surface area contributed by atoms with Gasteiger partial charge in [0.25, 0.3) is 5.91 Å². The smallest absolute Gasteiger partial charge is 0.260 e. The molecule has 1 aliphatic rings. The van der Waals surface area contributed by atoms with E-state index in [-0.39, 0.29) is 18.3 Å². The van der Waals surface area contributed by atoms with E-state index in [9.17, 15) is 9.59 Å². The SMILES string of the molecule is CC(=O)c1ccc(OCC(=O)N2CCN(c3ccccc3C)CC2)cc1. The van der Waals surface area contributed by atoms with Crippen LogP contribution in [0.5, 0.6) is 5.75 Å². The minimum atomic E-state index is -0.00919. The summed E-state index contributed by atoms with van der Waals surface area (Å²) in [5.41, 5.74) is 3.13. The first kappa shape index (κ1) is 18.0. The fraction of sp³-hybridized carbons (Fsp3) is 0.333. The molecule has 0 saturated carbocycles. The molecule has 5 nitrogen and oxygen atoms in total. The number of nitrogens with zero attached hydrogens (tertiary/aromatic N) is 2. The molecule has 3 rings (SSSR count). The molecule has 0 spiro atoms. The Hall–Kier alpha value is -2.82. The van der Waals surface area contributed by atoms with Crippen LogP contribution >= 0.6 is 0 Å². The summed E-state index contributed by atoms with van der Waals surface area (Å²) in [6.45, 7) is 6.69. The number of rotatable bonds is 5. The van der Waals surface area contributed by atoms with Crippen molar-refractivity contribution < 1.29 is 14.3 Å². The van der Waals surface area contributed by atoms with Gasteiger partial charge in [-0.1, -0.05) is 18.2 Å². The quantitative estimate of drug-likeness (QED) is 0.777. The Labute approximate surface area is 154 Å². The number of Topliss-reactive ketones (excluding diaryl/α,β-unsaturated/α-hetero) is 1. The van der Waals surface area contributed by atoms with Crippen molar-refractivity contribution in [1.29, 1.82) is 0 Å². The first-order chi connectivity index (χ1) is 12.5. The lowest BCUT2D eigenvalue weighted by molar-refractivity contribution is -0.133. The van der Waals surface area contributed by atoms with E-state index in [0.717, 1.165) is 13.1 Å². The standard InChI is InChI=1S/C21H24N2O3/c1-16-5-3-4-6-20(16)22-11-13-23(14-12-22)21(25)15-26-19-9-7-18(8-10-19)17(2)24/h3-10H,11-15H2,1-2H3. The number of benzene rings is 2. The number of para-hydroxylation sites is 1. The molecule has 0 aliphatic carbocycles. The first-order valence-electron chi connectivity index (χ1n) is 8.87. The Morgan fingerprint density at radius 2 is 1.62 bits per heavy atom. The van der Waals surface area contributed by atoms with Gasteiger partial charge in [0.2, 0.25) is 0 Å². The van der Waals surface area contributed by atoms with Crippen molar-refractivity contribution in [3.63, 3.8) is 0 Å². The molecule has 0 bridgehead atoms. The van der Waals surface area contributed by atoms with Gasteiger partial charge < -0.3 is 14.5 Å². The molecule has 136 valence electrons. The second-order valence-corrected chi connectivity index (χ2v) is 6.52. The molecule has 0 radical (unpaired) electrons. The Kier molecular flexibility index (Phi) is 5.56. The highest BCUT2D eigenvalue weighted by Gasteiger charge is 2.22. The van der Waals surface area contributed by atoms with Crippen molar-refractivity contribution in [2.24, 2.45) is 0 Å². The fourth-order valence-corrected chi connectivity index (χ4v) is 3.14. The number of carbonyl (C=O) groups is 2. The lowest BCUT2D eigenvalue weighted by atomic mass is 10.1. The second-order valence-electron chi connectivity index (χ2n) is 6.52. The molecule has 1 aliphatic heterocycles. The van der Waals surface area contributed by atoms with Crippen molar-refractivity contribution in [2.45, 2.75) is 13.8 Å². The van der Waals surface area contributed by atoms with Crippen LogP contribution in [-0.2, 0) is 4.79 Å². The van der Waals surface area contributed by atoms with Gasteiger partial charge in [0.1, 0.15) is 5.75 Å². The van der Waals surface area contributed by atoms with Gasteiger partial charge in [0.15, 0.2) is 12.4 Å². The molecule has 5 heteroatoms. The summed E-state index contributed by atoms with van der Waals surface area (Å²) in [5, 5.41) is 0. The van der Waals surface area contributed by atoms with Crippen LogP contribution < -0.4 is 9.64 Å². The number of amides is 1. The van der Waals surface area contributed by atoms with Crippen LogP contribution in [0.1, 0.15) is 22.8 Å². The molecule has 1 fully saturated rings. The van der Waals surface area contributed by atoms with Crippen LogP contribution in [0.3, 0.4) is 0 Å². The third kappa shape index (κ3) is 4.23. The maximum atomic E-state index is 12.4. The van der Waals surface area contributed by atoms with Gasteiger partial charge >= 0.3 is 0 Å². The minimum absolute atomic E-state index is 0.00919. The predicted molar refractivity (Wildman–Crippen MR) is 102 cm³/mol. The summed E-state index contributed by atoms with van der Waals surface area (Å²) in [4.78, 5) is 27.8. The second kappa shape index (κ2) is 8.04. The van der Waals surface area contributed by atoms with Crippen molar-refractivity contribution in [3.8, 4) is 5.75 Å². The number of anilines is 1. The van der Waals surface area contributed by atoms with Gasteiger partial charge in [-0.2, -0.15) is 0 Å². The number of ether oxygens (including phenoxy) is 1. The number of carbonyl (C=O) groups excluding carboxylic acids is 2. The molecular formula is C21H24N2O3. The zero-order valence-electron chi connectivity index (χ0n) is 15.3. The molecule has 1 saturated heterocycles. The maximum Gasteiger partial charge on any atom is 0.260 e. The van der Waals surface area contributed by atoms with Crippen LogP contribution in [0, 0.1) is 6.92 Å². The van der Waals surface area contributed by atoms with Crippen LogP contribution in [0.15, 0.2) is 48.5 Å². The average molecular weight is 352 g/mol. The van der Waals surface area contributed by atoms with Gasteiger partial charge in [0.05, 0.1) is 0 Å². The van der Waals surface area contributed by atoms with E-state index in [0.29, 0.717) is 24.4 Å². The third-order valence-corrected chi connectivity index (χ3v) is 4.71. The number of piperazine rings is 1. The van der Waals surface area contributed by atoms with E-state index in [1.54, 1.807) is 24.3 Å². The zero-order chi connectivity index (χ0) is 18.5. The summed E-state index contributed by atoms with van der Waals surface area (Å²) >= 11 is 0. The Bertz CT molecular complexity index is 778.